The van der Waals surface area contributed by atoms with E-state index in [4.69, 9.17) is 11.6 Å². The summed E-state index contributed by atoms with van der Waals surface area (Å²) in [6, 6.07) is 12.5. The number of halogens is 2. The second-order valence-corrected chi connectivity index (χ2v) is 7.13. The van der Waals surface area contributed by atoms with E-state index in [1.165, 1.54) is 6.07 Å². The fourth-order valence-corrected chi connectivity index (χ4v) is 2.69. The maximum Gasteiger partial charge on any atom is 0.131 e. The fraction of sp³-hybridized carbons (Fsp3) is 0.200. The van der Waals surface area contributed by atoms with Crippen LogP contribution in [0.5, 0.6) is 0 Å². The lowest BCUT2D eigenvalue weighted by Gasteiger charge is -2.18. The maximum atomic E-state index is 14.3. The maximum absolute atomic E-state index is 14.3. The van der Waals surface area contributed by atoms with Crippen LogP contribution < -0.4 is 0 Å². The Kier molecular flexibility index (Phi) is 4.37. The Morgan fingerprint density at radius 3 is 2.21 bits per heavy atom. The number of benzene rings is 1. The third-order valence-electron chi connectivity index (χ3n) is 3.87. The van der Waals surface area contributed by atoms with Crippen LogP contribution in [0, 0.1) is 5.82 Å². The van der Waals surface area contributed by atoms with E-state index in [0.717, 1.165) is 16.8 Å². The van der Waals surface area contributed by atoms with Crippen molar-refractivity contribution >= 4 is 11.6 Å². The molecule has 0 bridgehead atoms. The summed E-state index contributed by atoms with van der Waals surface area (Å²) in [6.07, 6.45) is 3.37. The second kappa shape index (κ2) is 6.33. The van der Waals surface area contributed by atoms with E-state index in [1.54, 1.807) is 30.6 Å². The summed E-state index contributed by atoms with van der Waals surface area (Å²) in [5.74, 6) is -0.286. The zero-order valence-electron chi connectivity index (χ0n) is 13.8. The lowest BCUT2D eigenvalue weighted by atomic mass is 9.89. The molecule has 0 saturated heterocycles. The predicted octanol–water partition coefficient (Wildman–Crippen LogP) is 5.90. The van der Waals surface area contributed by atoms with Gasteiger partial charge in [0.1, 0.15) is 11.0 Å². The molecular formula is C20H18ClFN2. The molecule has 0 atom stereocenters. The normalized spacial score (nSPS) is 11.5. The first-order chi connectivity index (χ1) is 11.3. The van der Waals surface area contributed by atoms with E-state index in [0.29, 0.717) is 16.3 Å². The smallest absolute Gasteiger partial charge is 0.131 e. The summed E-state index contributed by atoms with van der Waals surface area (Å²) < 4.78 is 14.3. The topological polar surface area (TPSA) is 25.8 Å². The first-order valence-corrected chi connectivity index (χ1v) is 8.11. The minimum absolute atomic E-state index is 0.0442. The average molecular weight is 341 g/mol. The van der Waals surface area contributed by atoms with Crippen LogP contribution in [-0.4, -0.2) is 9.97 Å². The summed E-state index contributed by atoms with van der Waals surface area (Å²) in [4.78, 5) is 8.40. The van der Waals surface area contributed by atoms with Crippen LogP contribution >= 0.6 is 11.6 Å². The summed E-state index contributed by atoms with van der Waals surface area (Å²) in [5.41, 5.74) is 4.11. The minimum Gasteiger partial charge on any atom is -0.261 e. The van der Waals surface area contributed by atoms with Gasteiger partial charge in [0.25, 0.3) is 0 Å². The zero-order valence-corrected chi connectivity index (χ0v) is 14.6. The van der Waals surface area contributed by atoms with Gasteiger partial charge >= 0.3 is 0 Å². The van der Waals surface area contributed by atoms with Gasteiger partial charge in [0.15, 0.2) is 0 Å². The van der Waals surface area contributed by atoms with Gasteiger partial charge in [-0.2, -0.15) is 0 Å². The highest BCUT2D eigenvalue weighted by atomic mass is 35.5. The number of pyridine rings is 2. The lowest BCUT2D eigenvalue weighted by molar-refractivity contribution is 0.569. The Morgan fingerprint density at radius 2 is 1.50 bits per heavy atom. The zero-order chi connectivity index (χ0) is 17.3. The van der Waals surface area contributed by atoms with Gasteiger partial charge in [-0.05, 0) is 53.1 Å². The molecule has 3 rings (SSSR count). The van der Waals surface area contributed by atoms with E-state index in [1.807, 2.05) is 12.1 Å². The number of aromatic nitrogens is 2. The number of nitrogens with zero attached hydrogens (tertiary/aromatic N) is 2. The molecular weight excluding hydrogens is 323 g/mol. The molecule has 2 aromatic heterocycles. The van der Waals surface area contributed by atoms with Crippen molar-refractivity contribution in [2.45, 2.75) is 26.2 Å². The Balaban J connectivity index is 2.09. The molecule has 2 nitrogen and oxygen atoms in total. The van der Waals surface area contributed by atoms with E-state index >= 15 is 0 Å². The van der Waals surface area contributed by atoms with Gasteiger partial charge in [-0.1, -0.05) is 38.4 Å². The van der Waals surface area contributed by atoms with E-state index in [9.17, 15) is 4.39 Å². The third kappa shape index (κ3) is 3.46. The van der Waals surface area contributed by atoms with Crippen molar-refractivity contribution in [3.8, 4) is 22.3 Å². The number of rotatable bonds is 2. The number of hydrogen-bond donors (Lipinski definition) is 0. The van der Waals surface area contributed by atoms with E-state index in [2.05, 4.69) is 36.8 Å². The molecule has 4 heteroatoms. The molecule has 122 valence electrons. The van der Waals surface area contributed by atoms with Gasteiger partial charge in [0.05, 0.1) is 0 Å². The molecule has 0 radical (unpaired) electrons. The van der Waals surface area contributed by atoms with Gasteiger partial charge < -0.3 is 0 Å². The first-order valence-electron chi connectivity index (χ1n) is 7.73. The van der Waals surface area contributed by atoms with Crippen molar-refractivity contribution in [3.05, 3.63) is 71.5 Å². The number of hydrogen-bond acceptors (Lipinski definition) is 2. The molecule has 0 unspecified atom stereocenters. The molecule has 0 amide bonds. The van der Waals surface area contributed by atoms with Crippen LogP contribution in [0.3, 0.4) is 0 Å². The Morgan fingerprint density at radius 1 is 0.833 bits per heavy atom. The van der Waals surface area contributed by atoms with Crippen molar-refractivity contribution < 1.29 is 4.39 Å². The minimum atomic E-state index is -0.286. The first kappa shape index (κ1) is 16.6. The summed E-state index contributed by atoms with van der Waals surface area (Å²) >= 11 is 5.93. The monoisotopic (exact) mass is 340 g/mol. The van der Waals surface area contributed by atoms with Gasteiger partial charge in [-0.3, -0.25) is 4.98 Å². The van der Waals surface area contributed by atoms with Gasteiger partial charge in [0, 0.05) is 29.1 Å². The van der Waals surface area contributed by atoms with Crippen molar-refractivity contribution in [2.75, 3.05) is 0 Å². The van der Waals surface area contributed by atoms with Crippen LogP contribution in [0.4, 0.5) is 4.39 Å². The van der Waals surface area contributed by atoms with Crippen molar-refractivity contribution in [1.82, 2.24) is 9.97 Å². The average Bonchev–Trinajstić information content (AvgIpc) is 2.54. The summed E-state index contributed by atoms with van der Waals surface area (Å²) in [5, 5.41) is 0.344. The quantitative estimate of drug-likeness (QED) is 0.543. The van der Waals surface area contributed by atoms with Gasteiger partial charge in [-0.15, -0.1) is 0 Å². The van der Waals surface area contributed by atoms with Crippen LogP contribution in [-0.2, 0) is 5.41 Å². The molecule has 0 saturated carbocycles. The van der Waals surface area contributed by atoms with Crippen molar-refractivity contribution in [1.29, 1.82) is 0 Å². The summed E-state index contributed by atoms with van der Waals surface area (Å²) in [7, 11) is 0. The lowest BCUT2D eigenvalue weighted by Crippen LogP contribution is -2.13. The SMILES string of the molecule is CC(C)(C)c1cc(-c2ccc(F)c(-c3ccnc(Cl)c3)c2)ccn1. The summed E-state index contributed by atoms with van der Waals surface area (Å²) in [6.45, 7) is 6.36. The van der Waals surface area contributed by atoms with Crippen LogP contribution in [0.2, 0.25) is 5.15 Å². The Bertz CT molecular complexity index is 885. The van der Waals surface area contributed by atoms with Crippen molar-refractivity contribution in [3.63, 3.8) is 0 Å². The van der Waals surface area contributed by atoms with E-state index < -0.39 is 0 Å². The third-order valence-corrected chi connectivity index (χ3v) is 4.07. The molecule has 0 aliphatic heterocycles. The highest BCUT2D eigenvalue weighted by Crippen LogP contribution is 2.31. The molecule has 0 aliphatic rings. The molecule has 1 aromatic carbocycles. The molecule has 0 spiro atoms. The van der Waals surface area contributed by atoms with Gasteiger partial charge in [-0.25, -0.2) is 9.37 Å². The Hall–Kier alpha value is -2.26. The molecule has 3 aromatic rings. The molecule has 24 heavy (non-hydrogen) atoms. The standard InChI is InChI=1S/C20H18ClFN2/c1-20(2,3)18-11-14(6-8-23-18)13-4-5-17(22)16(10-13)15-7-9-24-19(21)12-15/h4-12H,1-3H3. The largest absolute Gasteiger partial charge is 0.261 e. The molecule has 2 heterocycles. The Labute approximate surface area is 146 Å². The van der Waals surface area contributed by atoms with Crippen molar-refractivity contribution in [2.24, 2.45) is 0 Å². The second-order valence-electron chi connectivity index (χ2n) is 6.74. The van der Waals surface area contributed by atoms with Crippen LogP contribution in [0.25, 0.3) is 22.3 Å². The molecule has 0 aliphatic carbocycles. The molecule has 0 N–H and O–H groups in total. The van der Waals surface area contributed by atoms with Crippen LogP contribution in [0.15, 0.2) is 54.9 Å². The molecule has 0 fully saturated rings. The highest BCUT2D eigenvalue weighted by Gasteiger charge is 2.16. The van der Waals surface area contributed by atoms with Crippen LogP contribution in [0.1, 0.15) is 26.5 Å². The fourth-order valence-electron chi connectivity index (χ4n) is 2.52. The van der Waals surface area contributed by atoms with Gasteiger partial charge in [0.2, 0.25) is 0 Å². The van der Waals surface area contributed by atoms with E-state index in [-0.39, 0.29) is 11.2 Å². The highest BCUT2D eigenvalue weighted by molar-refractivity contribution is 6.29. The predicted molar refractivity (Wildman–Crippen MR) is 96.6 cm³/mol.